The van der Waals surface area contributed by atoms with Crippen LogP contribution in [0.5, 0.6) is 11.5 Å². The highest BCUT2D eigenvalue weighted by Gasteiger charge is 2.13. The van der Waals surface area contributed by atoms with E-state index in [1.54, 1.807) is 12.2 Å². The number of carbonyl (C=O) groups excluding carboxylic acids is 1. The SMILES string of the molecule is CCOc1cc(/C=C/C(=O)c2ccc(C)cc2)cc(I)c1OCc1ccccc1Cl. The fraction of sp³-hybridized carbons (Fsp3) is 0.160. The lowest BCUT2D eigenvalue weighted by atomic mass is 10.1. The summed E-state index contributed by atoms with van der Waals surface area (Å²) >= 11 is 8.45. The van der Waals surface area contributed by atoms with Crippen molar-refractivity contribution in [2.45, 2.75) is 20.5 Å². The Morgan fingerprint density at radius 2 is 1.80 bits per heavy atom. The molecule has 0 unspecified atom stereocenters. The normalized spacial score (nSPS) is 10.9. The van der Waals surface area contributed by atoms with Crippen LogP contribution in [0, 0.1) is 10.5 Å². The molecule has 5 heteroatoms. The molecule has 3 aromatic carbocycles. The first kappa shape index (κ1) is 22.4. The van der Waals surface area contributed by atoms with E-state index in [0.717, 1.165) is 20.3 Å². The molecule has 0 spiro atoms. The van der Waals surface area contributed by atoms with Crippen molar-refractivity contribution in [2.24, 2.45) is 0 Å². The van der Waals surface area contributed by atoms with E-state index in [2.05, 4.69) is 22.6 Å². The minimum Gasteiger partial charge on any atom is -0.490 e. The number of allylic oxidation sites excluding steroid dienone is 1. The molecule has 3 rings (SSSR count). The summed E-state index contributed by atoms with van der Waals surface area (Å²) in [6, 6.07) is 19.0. The quantitative estimate of drug-likeness (QED) is 0.176. The maximum absolute atomic E-state index is 12.4. The van der Waals surface area contributed by atoms with Crippen LogP contribution in [0.25, 0.3) is 6.08 Å². The lowest BCUT2D eigenvalue weighted by Crippen LogP contribution is -2.02. The third-order valence-electron chi connectivity index (χ3n) is 4.42. The fourth-order valence-electron chi connectivity index (χ4n) is 2.84. The van der Waals surface area contributed by atoms with Crippen LogP contribution in [-0.4, -0.2) is 12.4 Å². The smallest absolute Gasteiger partial charge is 0.185 e. The Bertz CT molecular complexity index is 1060. The molecule has 0 aliphatic heterocycles. The third-order valence-corrected chi connectivity index (χ3v) is 5.59. The summed E-state index contributed by atoms with van der Waals surface area (Å²) in [5, 5.41) is 0.666. The number of halogens is 2. The Morgan fingerprint density at radius 3 is 2.50 bits per heavy atom. The molecule has 0 amide bonds. The van der Waals surface area contributed by atoms with Gasteiger partial charge in [-0.15, -0.1) is 0 Å². The minimum atomic E-state index is -0.0398. The molecule has 30 heavy (non-hydrogen) atoms. The summed E-state index contributed by atoms with van der Waals surface area (Å²) in [4.78, 5) is 12.4. The molecule has 3 aromatic rings. The second-order valence-corrected chi connectivity index (χ2v) is 8.28. The van der Waals surface area contributed by atoms with E-state index in [1.165, 1.54) is 0 Å². The summed E-state index contributed by atoms with van der Waals surface area (Å²) in [5.41, 5.74) is 3.56. The lowest BCUT2D eigenvalue weighted by molar-refractivity contribution is 0.104. The Labute approximate surface area is 195 Å². The van der Waals surface area contributed by atoms with Gasteiger partial charge in [-0.2, -0.15) is 0 Å². The predicted octanol–water partition coefficient (Wildman–Crippen LogP) is 7.13. The molecule has 0 aromatic heterocycles. The van der Waals surface area contributed by atoms with E-state index in [-0.39, 0.29) is 5.78 Å². The molecular weight excluding hydrogens is 511 g/mol. The van der Waals surface area contributed by atoms with Crippen molar-refractivity contribution in [1.82, 2.24) is 0 Å². The number of ketones is 1. The topological polar surface area (TPSA) is 35.5 Å². The van der Waals surface area contributed by atoms with Crippen LogP contribution in [0.3, 0.4) is 0 Å². The van der Waals surface area contributed by atoms with Crippen molar-refractivity contribution >= 4 is 46.1 Å². The zero-order chi connectivity index (χ0) is 21.5. The average molecular weight is 533 g/mol. The predicted molar refractivity (Wildman–Crippen MR) is 131 cm³/mol. The monoisotopic (exact) mass is 532 g/mol. The Balaban J connectivity index is 1.80. The van der Waals surface area contributed by atoms with Crippen molar-refractivity contribution in [3.8, 4) is 11.5 Å². The van der Waals surface area contributed by atoms with Gasteiger partial charge in [-0.25, -0.2) is 0 Å². The summed E-state index contributed by atoms with van der Waals surface area (Å²) in [5.74, 6) is 1.26. The highest BCUT2D eigenvalue weighted by Crippen LogP contribution is 2.35. The lowest BCUT2D eigenvalue weighted by Gasteiger charge is -2.15. The van der Waals surface area contributed by atoms with Gasteiger partial charge in [0.2, 0.25) is 0 Å². The second-order valence-electron chi connectivity index (χ2n) is 6.71. The van der Waals surface area contributed by atoms with Crippen molar-refractivity contribution < 1.29 is 14.3 Å². The van der Waals surface area contributed by atoms with E-state index in [0.29, 0.717) is 35.3 Å². The van der Waals surface area contributed by atoms with Crippen molar-refractivity contribution in [1.29, 1.82) is 0 Å². The van der Waals surface area contributed by atoms with E-state index >= 15 is 0 Å². The summed E-state index contributed by atoms with van der Waals surface area (Å²) in [6.07, 6.45) is 3.38. The van der Waals surface area contributed by atoms with Gasteiger partial charge in [-0.1, -0.05) is 65.7 Å². The molecule has 0 fully saturated rings. The van der Waals surface area contributed by atoms with Crippen LogP contribution in [0.1, 0.15) is 34.0 Å². The zero-order valence-corrected chi connectivity index (χ0v) is 19.7. The Hall–Kier alpha value is -2.31. The van der Waals surface area contributed by atoms with Crippen LogP contribution in [-0.2, 0) is 6.61 Å². The highest BCUT2D eigenvalue weighted by atomic mass is 127. The van der Waals surface area contributed by atoms with Gasteiger partial charge < -0.3 is 9.47 Å². The number of rotatable bonds is 8. The third kappa shape index (κ3) is 5.86. The van der Waals surface area contributed by atoms with Crippen LogP contribution in [0.15, 0.2) is 66.7 Å². The van der Waals surface area contributed by atoms with E-state index in [1.807, 2.05) is 74.5 Å². The van der Waals surface area contributed by atoms with Gasteiger partial charge >= 0.3 is 0 Å². The molecular formula is C25H22ClIO3. The molecule has 0 bridgehead atoms. The fourth-order valence-corrected chi connectivity index (χ4v) is 3.81. The largest absolute Gasteiger partial charge is 0.490 e. The number of benzene rings is 3. The van der Waals surface area contributed by atoms with Crippen LogP contribution in [0.2, 0.25) is 5.02 Å². The standard InChI is InChI=1S/C25H22ClIO3/c1-3-29-24-15-18(10-13-23(28)19-11-8-17(2)9-12-19)14-22(27)25(24)30-16-20-6-4-5-7-21(20)26/h4-15H,3,16H2,1-2H3/b13-10+. The average Bonchev–Trinajstić information content (AvgIpc) is 2.73. The van der Waals surface area contributed by atoms with E-state index in [9.17, 15) is 4.79 Å². The van der Waals surface area contributed by atoms with Gasteiger partial charge in [0.05, 0.1) is 10.2 Å². The number of ether oxygens (including phenoxy) is 2. The number of aryl methyl sites for hydroxylation is 1. The Morgan fingerprint density at radius 1 is 1.07 bits per heavy atom. The minimum absolute atomic E-state index is 0.0398. The molecule has 0 saturated heterocycles. The first-order chi connectivity index (χ1) is 14.5. The van der Waals surface area contributed by atoms with E-state index < -0.39 is 0 Å². The number of hydrogen-bond donors (Lipinski definition) is 0. The Kier molecular flexibility index (Phi) is 7.94. The van der Waals surface area contributed by atoms with E-state index in [4.69, 9.17) is 21.1 Å². The summed E-state index contributed by atoms with van der Waals surface area (Å²) < 4.78 is 12.7. The molecule has 0 heterocycles. The molecule has 0 N–H and O–H groups in total. The van der Waals surface area contributed by atoms with Crippen LogP contribution >= 0.6 is 34.2 Å². The molecule has 3 nitrogen and oxygen atoms in total. The number of carbonyl (C=O) groups is 1. The van der Waals surface area contributed by atoms with Gasteiger partial charge in [0.1, 0.15) is 6.61 Å². The van der Waals surface area contributed by atoms with Crippen molar-refractivity contribution in [2.75, 3.05) is 6.61 Å². The molecule has 0 aliphatic carbocycles. The maximum Gasteiger partial charge on any atom is 0.185 e. The first-order valence-corrected chi connectivity index (χ1v) is 11.0. The van der Waals surface area contributed by atoms with Crippen molar-refractivity contribution in [3.63, 3.8) is 0 Å². The van der Waals surface area contributed by atoms with Crippen LogP contribution < -0.4 is 9.47 Å². The van der Waals surface area contributed by atoms with Crippen LogP contribution in [0.4, 0.5) is 0 Å². The maximum atomic E-state index is 12.4. The van der Waals surface area contributed by atoms with Gasteiger partial charge in [0.15, 0.2) is 17.3 Å². The van der Waals surface area contributed by atoms with Gasteiger partial charge in [-0.3, -0.25) is 4.79 Å². The first-order valence-electron chi connectivity index (χ1n) is 9.59. The summed E-state index contributed by atoms with van der Waals surface area (Å²) in [7, 11) is 0. The molecule has 0 aliphatic rings. The zero-order valence-electron chi connectivity index (χ0n) is 16.8. The molecule has 154 valence electrons. The molecule has 0 atom stereocenters. The summed E-state index contributed by atoms with van der Waals surface area (Å²) in [6.45, 7) is 4.77. The molecule has 0 radical (unpaired) electrons. The number of hydrogen-bond acceptors (Lipinski definition) is 3. The molecule has 0 saturated carbocycles. The van der Waals surface area contributed by atoms with Gasteiger partial charge in [-0.05, 0) is 66.3 Å². The highest BCUT2D eigenvalue weighted by molar-refractivity contribution is 14.1. The van der Waals surface area contributed by atoms with Gasteiger partial charge in [0, 0.05) is 16.1 Å². The second kappa shape index (κ2) is 10.6. The van der Waals surface area contributed by atoms with Crippen molar-refractivity contribution in [3.05, 3.63) is 97.6 Å². The van der Waals surface area contributed by atoms with Gasteiger partial charge in [0.25, 0.3) is 0 Å².